The van der Waals surface area contributed by atoms with Crippen molar-refractivity contribution in [1.82, 2.24) is 19.9 Å². The van der Waals surface area contributed by atoms with Gasteiger partial charge in [-0.2, -0.15) is 0 Å². The van der Waals surface area contributed by atoms with Crippen LogP contribution in [0.5, 0.6) is 0 Å². The largest absolute Gasteiger partial charge is 0.364 e. The van der Waals surface area contributed by atoms with Gasteiger partial charge in [-0.25, -0.2) is 25.8 Å². The zero-order chi connectivity index (χ0) is 19.4. The normalized spacial score (nSPS) is 11.8. The van der Waals surface area contributed by atoms with Gasteiger partial charge in [0.2, 0.25) is 0 Å². The van der Waals surface area contributed by atoms with Gasteiger partial charge in [-0.05, 0) is 25.1 Å². The van der Waals surface area contributed by atoms with E-state index in [1.807, 2.05) is 12.1 Å². The second kappa shape index (κ2) is 7.70. The molecule has 0 fully saturated rings. The maximum Gasteiger partial charge on any atom is 0.271 e. The second-order valence-corrected chi connectivity index (χ2v) is 5.87. The number of benzene rings is 1. The van der Waals surface area contributed by atoms with Crippen molar-refractivity contribution >= 4 is 40.4 Å². The summed E-state index contributed by atoms with van der Waals surface area (Å²) in [6, 6.07) is 5.11. The third-order valence-electron chi connectivity index (χ3n) is 3.94. The number of amides is 1. The van der Waals surface area contributed by atoms with Crippen molar-refractivity contribution < 1.29 is 9.59 Å². The van der Waals surface area contributed by atoms with Gasteiger partial charge in [-0.3, -0.25) is 9.80 Å². The average molecular weight is 366 g/mol. The smallest absolute Gasteiger partial charge is 0.271 e. The van der Waals surface area contributed by atoms with Crippen LogP contribution >= 0.6 is 0 Å². The van der Waals surface area contributed by atoms with E-state index in [1.54, 1.807) is 19.2 Å². The van der Waals surface area contributed by atoms with E-state index in [2.05, 4.69) is 25.3 Å². The Labute approximate surface area is 154 Å². The van der Waals surface area contributed by atoms with Crippen LogP contribution in [-0.2, 0) is 4.79 Å². The first kappa shape index (κ1) is 18.1. The number of aldehydes is 1. The van der Waals surface area contributed by atoms with Gasteiger partial charge < -0.3 is 15.8 Å². The summed E-state index contributed by atoms with van der Waals surface area (Å²) < 4.78 is 0. The van der Waals surface area contributed by atoms with E-state index in [1.165, 1.54) is 17.5 Å². The molecule has 0 radical (unpaired) electrons. The topological polar surface area (TPSA) is 153 Å². The molecule has 1 atom stereocenters. The molecule has 0 bridgehead atoms. The lowest BCUT2D eigenvalue weighted by atomic mass is 10.2. The van der Waals surface area contributed by atoms with E-state index in [9.17, 15) is 9.59 Å². The number of carbonyl (C=O) groups excluding carboxylic acids is 2. The lowest BCUT2D eigenvalue weighted by molar-refractivity contribution is -0.108. The fourth-order valence-electron chi connectivity index (χ4n) is 2.45. The number of nitrogens with two attached hydrogens (primary N) is 2. The van der Waals surface area contributed by atoms with Gasteiger partial charge in [0.05, 0.1) is 17.8 Å². The zero-order valence-corrected chi connectivity index (χ0v) is 14.5. The van der Waals surface area contributed by atoms with Crippen molar-refractivity contribution in [3.05, 3.63) is 42.6 Å². The van der Waals surface area contributed by atoms with E-state index < -0.39 is 5.91 Å². The van der Waals surface area contributed by atoms with E-state index in [0.717, 1.165) is 17.2 Å². The molecule has 10 heteroatoms. The molecule has 27 heavy (non-hydrogen) atoms. The number of primary amides is 1. The lowest BCUT2D eigenvalue weighted by Gasteiger charge is -2.24. The number of hydrogen-bond acceptors (Lipinski definition) is 9. The lowest BCUT2D eigenvalue weighted by Crippen LogP contribution is -2.40. The summed E-state index contributed by atoms with van der Waals surface area (Å²) in [7, 11) is 0. The third kappa shape index (κ3) is 3.96. The van der Waals surface area contributed by atoms with E-state index >= 15 is 0 Å². The van der Waals surface area contributed by atoms with Crippen molar-refractivity contribution in [3.8, 4) is 0 Å². The van der Waals surface area contributed by atoms with Gasteiger partial charge >= 0.3 is 0 Å². The maximum absolute atomic E-state index is 11.7. The van der Waals surface area contributed by atoms with Crippen LogP contribution in [0.15, 0.2) is 36.9 Å². The summed E-state index contributed by atoms with van der Waals surface area (Å²) in [5.41, 5.74) is 6.80. The fraction of sp³-hybridized carbons (Fsp3) is 0.176. The molecule has 0 saturated heterocycles. The molecule has 2 aromatic heterocycles. The van der Waals surface area contributed by atoms with Crippen molar-refractivity contribution in [3.63, 3.8) is 0 Å². The number of fused-ring (bicyclic) bond motifs is 1. The Balaban J connectivity index is 1.96. The van der Waals surface area contributed by atoms with E-state index in [-0.39, 0.29) is 24.0 Å². The number of hydrazine groups is 1. The summed E-state index contributed by atoms with van der Waals surface area (Å²) in [5, 5.41) is 5.15. The van der Waals surface area contributed by atoms with Crippen LogP contribution in [0.2, 0.25) is 0 Å². The van der Waals surface area contributed by atoms with Crippen LogP contribution in [-0.4, -0.2) is 38.2 Å². The second-order valence-electron chi connectivity index (χ2n) is 5.87. The number of anilines is 3. The molecule has 0 aliphatic carbocycles. The highest BCUT2D eigenvalue weighted by Crippen LogP contribution is 2.23. The SMILES string of the molecule is C[C@H](CC=O)N(N)c1cnc(C(N)=O)c(Nc2ccc3ncncc3c2)n1. The Morgan fingerprint density at radius 2 is 2.15 bits per heavy atom. The number of nitrogens with zero attached hydrogens (tertiary/aromatic N) is 5. The van der Waals surface area contributed by atoms with Crippen molar-refractivity contribution in [2.24, 2.45) is 11.6 Å². The average Bonchev–Trinajstić information content (AvgIpc) is 2.67. The van der Waals surface area contributed by atoms with Crippen molar-refractivity contribution in [2.75, 3.05) is 10.3 Å². The predicted octanol–water partition coefficient (Wildman–Crippen LogP) is 0.920. The van der Waals surface area contributed by atoms with Gasteiger partial charge in [0.25, 0.3) is 5.91 Å². The van der Waals surface area contributed by atoms with E-state index in [4.69, 9.17) is 11.6 Å². The Bertz CT molecular complexity index is 994. The molecule has 0 unspecified atom stereocenters. The number of carbonyl (C=O) groups is 2. The first-order valence-corrected chi connectivity index (χ1v) is 8.10. The molecule has 138 valence electrons. The summed E-state index contributed by atoms with van der Waals surface area (Å²) in [5.74, 6) is 5.72. The number of aromatic nitrogens is 4. The van der Waals surface area contributed by atoms with Crippen LogP contribution in [0.4, 0.5) is 17.3 Å². The summed E-state index contributed by atoms with van der Waals surface area (Å²) >= 11 is 0. The molecule has 10 nitrogen and oxygen atoms in total. The zero-order valence-electron chi connectivity index (χ0n) is 14.5. The van der Waals surface area contributed by atoms with E-state index in [0.29, 0.717) is 11.5 Å². The molecule has 0 aliphatic heterocycles. The Morgan fingerprint density at radius 3 is 2.89 bits per heavy atom. The molecule has 3 rings (SSSR count). The molecule has 2 heterocycles. The molecule has 1 aromatic carbocycles. The fourth-order valence-corrected chi connectivity index (χ4v) is 2.45. The molecule has 0 aliphatic rings. The monoisotopic (exact) mass is 366 g/mol. The highest BCUT2D eigenvalue weighted by molar-refractivity contribution is 5.96. The van der Waals surface area contributed by atoms with Gasteiger partial charge in [0.15, 0.2) is 17.3 Å². The molecule has 0 saturated carbocycles. The molecule has 5 N–H and O–H groups in total. The minimum absolute atomic E-state index is 0.0281. The highest BCUT2D eigenvalue weighted by Gasteiger charge is 2.18. The van der Waals surface area contributed by atoms with Crippen LogP contribution < -0.4 is 21.9 Å². The third-order valence-corrected chi connectivity index (χ3v) is 3.94. The Kier molecular flexibility index (Phi) is 5.18. The van der Waals surface area contributed by atoms with Crippen LogP contribution in [0.3, 0.4) is 0 Å². The van der Waals surface area contributed by atoms with Crippen LogP contribution in [0.1, 0.15) is 23.8 Å². The standard InChI is InChI=1S/C17H18N8O2/c1-10(4-5-26)25(19)14-8-21-15(16(18)27)17(24-14)23-12-2-3-13-11(6-12)7-20-9-22-13/h2-3,5-10H,4,19H2,1H3,(H2,18,27)(H,23,24)/t10-/m1/s1. The minimum Gasteiger partial charge on any atom is -0.364 e. The molecule has 3 aromatic rings. The van der Waals surface area contributed by atoms with Gasteiger partial charge in [0, 0.05) is 23.7 Å². The van der Waals surface area contributed by atoms with Crippen molar-refractivity contribution in [2.45, 2.75) is 19.4 Å². The summed E-state index contributed by atoms with van der Waals surface area (Å²) in [6.07, 6.45) is 5.47. The van der Waals surface area contributed by atoms with Crippen LogP contribution in [0.25, 0.3) is 10.9 Å². The molecule has 1 amide bonds. The molecular weight excluding hydrogens is 348 g/mol. The maximum atomic E-state index is 11.7. The van der Waals surface area contributed by atoms with Gasteiger partial charge in [-0.1, -0.05) is 0 Å². The number of rotatable bonds is 7. The van der Waals surface area contributed by atoms with Gasteiger partial charge in [-0.15, -0.1) is 0 Å². The quantitative estimate of drug-likeness (QED) is 0.314. The highest BCUT2D eigenvalue weighted by atomic mass is 16.1. The first-order valence-electron chi connectivity index (χ1n) is 8.10. The van der Waals surface area contributed by atoms with Crippen molar-refractivity contribution in [1.29, 1.82) is 0 Å². The first-order chi connectivity index (χ1) is 13.0. The number of nitrogens with one attached hydrogen (secondary N) is 1. The molecule has 0 spiro atoms. The summed E-state index contributed by atoms with van der Waals surface area (Å²) in [4.78, 5) is 39.0. The Morgan fingerprint density at radius 1 is 1.33 bits per heavy atom. The van der Waals surface area contributed by atoms with Gasteiger partial charge in [0.1, 0.15) is 12.6 Å². The van der Waals surface area contributed by atoms with Crippen LogP contribution in [0, 0.1) is 0 Å². The molecular formula is C17H18N8O2. The number of hydrogen-bond donors (Lipinski definition) is 3. The summed E-state index contributed by atoms with van der Waals surface area (Å²) in [6.45, 7) is 1.77. The minimum atomic E-state index is -0.731. The Hall–Kier alpha value is -3.66. The predicted molar refractivity (Wildman–Crippen MR) is 100 cm³/mol.